The minimum absolute atomic E-state index is 0.301. The number of hydrogen-bond acceptors (Lipinski definition) is 2. The minimum atomic E-state index is -1.02. The maximum absolute atomic E-state index is 11.9. The standard InChI is InChI=1S/C12H13NO3/c14-11-10(12(15)16)7-4-8-13(11)9-5-2-1-3-6-9/h1-3,5-6,10H,4,7-8H2,(H,15,16). The van der Waals surface area contributed by atoms with Crippen LogP contribution in [0.2, 0.25) is 0 Å². The van der Waals surface area contributed by atoms with E-state index in [0.29, 0.717) is 13.0 Å². The molecule has 2 rings (SSSR count). The Morgan fingerprint density at radius 3 is 2.62 bits per heavy atom. The van der Waals surface area contributed by atoms with Crippen molar-refractivity contribution in [2.75, 3.05) is 11.4 Å². The number of aliphatic carboxylic acids is 1. The molecule has 84 valence electrons. The summed E-state index contributed by atoms with van der Waals surface area (Å²) < 4.78 is 0. The first-order valence-electron chi connectivity index (χ1n) is 5.29. The van der Waals surface area contributed by atoms with E-state index in [9.17, 15) is 9.59 Å². The van der Waals surface area contributed by atoms with Crippen molar-refractivity contribution >= 4 is 17.6 Å². The van der Waals surface area contributed by atoms with Crippen LogP contribution in [-0.4, -0.2) is 23.5 Å². The SMILES string of the molecule is O=C(O)C1CCCN(c2ccccc2)C1=O. The van der Waals surface area contributed by atoms with Gasteiger partial charge >= 0.3 is 5.97 Å². The molecule has 1 aromatic rings. The number of hydrogen-bond donors (Lipinski definition) is 1. The second-order valence-electron chi connectivity index (χ2n) is 3.86. The zero-order chi connectivity index (χ0) is 11.5. The highest BCUT2D eigenvalue weighted by atomic mass is 16.4. The highest BCUT2D eigenvalue weighted by Gasteiger charge is 2.34. The van der Waals surface area contributed by atoms with Gasteiger partial charge in [0.25, 0.3) is 0 Å². The van der Waals surface area contributed by atoms with Crippen LogP contribution in [0.15, 0.2) is 30.3 Å². The molecule has 0 aliphatic carbocycles. The average molecular weight is 219 g/mol. The zero-order valence-electron chi connectivity index (χ0n) is 8.80. The number of benzene rings is 1. The van der Waals surface area contributed by atoms with Crippen molar-refractivity contribution in [3.05, 3.63) is 30.3 Å². The van der Waals surface area contributed by atoms with E-state index in [1.54, 1.807) is 4.90 Å². The average Bonchev–Trinajstić information content (AvgIpc) is 2.30. The van der Waals surface area contributed by atoms with Crippen LogP contribution < -0.4 is 4.90 Å². The van der Waals surface area contributed by atoms with Gasteiger partial charge in [-0.2, -0.15) is 0 Å². The number of piperidine rings is 1. The third-order valence-corrected chi connectivity index (χ3v) is 2.80. The van der Waals surface area contributed by atoms with E-state index in [-0.39, 0.29) is 5.91 Å². The van der Waals surface area contributed by atoms with Gasteiger partial charge in [0.1, 0.15) is 5.92 Å². The first-order valence-corrected chi connectivity index (χ1v) is 5.29. The lowest BCUT2D eigenvalue weighted by molar-refractivity contribution is -0.147. The van der Waals surface area contributed by atoms with E-state index in [1.165, 1.54) is 0 Å². The molecular formula is C12H13NO3. The Morgan fingerprint density at radius 2 is 2.00 bits per heavy atom. The van der Waals surface area contributed by atoms with Crippen LogP contribution in [0.1, 0.15) is 12.8 Å². The van der Waals surface area contributed by atoms with Crippen molar-refractivity contribution in [2.45, 2.75) is 12.8 Å². The Hall–Kier alpha value is -1.84. The lowest BCUT2D eigenvalue weighted by atomic mass is 9.97. The number of para-hydroxylation sites is 1. The number of carboxylic acid groups (broad SMARTS) is 1. The van der Waals surface area contributed by atoms with Gasteiger partial charge in [-0.3, -0.25) is 9.59 Å². The maximum Gasteiger partial charge on any atom is 0.316 e. The molecule has 1 aliphatic heterocycles. The molecule has 0 spiro atoms. The van der Waals surface area contributed by atoms with Crippen LogP contribution in [0.5, 0.6) is 0 Å². The molecule has 1 heterocycles. The van der Waals surface area contributed by atoms with E-state index in [2.05, 4.69) is 0 Å². The zero-order valence-corrected chi connectivity index (χ0v) is 8.80. The summed E-state index contributed by atoms with van der Waals surface area (Å²) in [5.74, 6) is -2.20. The molecule has 1 aliphatic rings. The fourth-order valence-corrected chi connectivity index (χ4v) is 1.97. The number of carbonyl (C=O) groups is 2. The summed E-state index contributed by atoms with van der Waals surface area (Å²) in [6, 6.07) is 9.19. The van der Waals surface area contributed by atoms with Gasteiger partial charge < -0.3 is 10.0 Å². The first-order chi connectivity index (χ1) is 7.70. The molecule has 4 nitrogen and oxygen atoms in total. The van der Waals surface area contributed by atoms with E-state index >= 15 is 0 Å². The minimum Gasteiger partial charge on any atom is -0.481 e. The van der Waals surface area contributed by atoms with Gasteiger partial charge in [0, 0.05) is 12.2 Å². The number of anilines is 1. The Labute approximate surface area is 93.5 Å². The molecule has 0 aromatic heterocycles. The molecule has 0 radical (unpaired) electrons. The smallest absolute Gasteiger partial charge is 0.316 e. The maximum atomic E-state index is 11.9. The molecule has 0 saturated carbocycles. The third kappa shape index (κ3) is 1.91. The van der Waals surface area contributed by atoms with E-state index in [4.69, 9.17) is 5.11 Å². The first kappa shape index (κ1) is 10.7. The fourth-order valence-electron chi connectivity index (χ4n) is 1.97. The Bertz CT molecular complexity index is 402. The molecule has 1 saturated heterocycles. The van der Waals surface area contributed by atoms with Crippen molar-refractivity contribution in [3.63, 3.8) is 0 Å². The van der Waals surface area contributed by atoms with Gasteiger partial charge in [0.15, 0.2) is 0 Å². The predicted octanol–water partition coefficient (Wildman–Crippen LogP) is 1.51. The van der Waals surface area contributed by atoms with Crippen LogP contribution in [0.25, 0.3) is 0 Å². The van der Waals surface area contributed by atoms with Gasteiger partial charge in [-0.05, 0) is 25.0 Å². The monoisotopic (exact) mass is 219 g/mol. The molecule has 1 fully saturated rings. The van der Waals surface area contributed by atoms with Crippen molar-refractivity contribution in [1.82, 2.24) is 0 Å². The Morgan fingerprint density at radius 1 is 1.31 bits per heavy atom. The summed E-state index contributed by atoms with van der Waals surface area (Å²) in [5.41, 5.74) is 0.776. The van der Waals surface area contributed by atoms with Crippen LogP contribution in [0, 0.1) is 5.92 Å². The lowest BCUT2D eigenvalue weighted by Gasteiger charge is -2.30. The van der Waals surface area contributed by atoms with E-state index in [0.717, 1.165) is 12.1 Å². The summed E-state index contributed by atoms with van der Waals surface area (Å²) in [6.45, 7) is 0.604. The molecule has 1 unspecified atom stereocenters. The van der Waals surface area contributed by atoms with E-state index in [1.807, 2.05) is 30.3 Å². The molecule has 16 heavy (non-hydrogen) atoms. The summed E-state index contributed by atoms with van der Waals surface area (Å²) in [7, 11) is 0. The van der Waals surface area contributed by atoms with Gasteiger partial charge in [0.2, 0.25) is 5.91 Å². The van der Waals surface area contributed by atoms with Gasteiger partial charge in [-0.25, -0.2) is 0 Å². The summed E-state index contributed by atoms with van der Waals surface area (Å²) in [6.07, 6.45) is 1.18. The highest BCUT2D eigenvalue weighted by Crippen LogP contribution is 2.24. The number of nitrogens with zero attached hydrogens (tertiary/aromatic N) is 1. The van der Waals surface area contributed by atoms with Crippen LogP contribution in [-0.2, 0) is 9.59 Å². The largest absolute Gasteiger partial charge is 0.481 e. The third-order valence-electron chi connectivity index (χ3n) is 2.80. The van der Waals surface area contributed by atoms with Gasteiger partial charge in [-0.1, -0.05) is 18.2 Å². The summed E-state index contributed by atoms with van der Waals surface area (Å²) in [5, 5.41) is 8.93. The molecule has 1 aromatic carbocycles. The Balaban J connectivity index is 2.23. The molecule has 1 amide bonds. The normalized spacial score (nSPS) is 20.9. The van der Waals surface area contributed by atoms with Crippen molar-refractivity contribution in [3.8, 4) is 0 Å². The van der Waals surface area contributed by atoms with Crippen LogP contribution in [0.4, 0.5) is 5.69 Å². The number of amides is 1. The number of carboxylic acids is 1. The predicted molar refractivity (Wildman–Crippen MR) is 59.2 cm³/mol. The quantitative estimate of drug-likeness (QED) is 0.767. The second-order valence-corrected chi connectivity index (χ2v) is 3.86. The number of carbonyl (C=O) groups excluding carboxylic acids is 1. The highest BCUT2D eigenvalue weighted by molar-refractivity contribution is 6.06. The molecule has 1 atom stereocenters. The van der Waals surface area contributed by atoms with Crippen molar-refractivity contribution < 1.29 is 14.7 Å². The number of rotatable bonds is 2. The Kier molecular flexibility index (Phi) is 2.90. The summed E-state index contributed by atoms with van der Waals surface area (Å²) in [4.78, 5) is 24.4. The van der Waals surface area contributed by atoms with Crippen molar-refractivity contribution in [2.24, 2.45) is 5.92 Å². The van der Waals surface area contributed by atoms with Gasteiger partial charge in [0.05, 0.1) is 0 Å². The molecule has 0 bridgehead atoms. The van der Waals surface area contributed by atoms with E-state index < -0.39 is 11.9 Å². The fraction of sp³-hybridized carbons (Fsp3) is 0.333. The van der Waals surface area contributed by atoms with Crippen molar-refractivity contribution in [1.29, 1.82) is 0 Å². The molecule has 4 heteroatoms. The molecule has 1 N–H and O–H groups in total. The van der Waals surface area contributed by atoms with Crippen LogP contribution >= 0.6 is 0 Å². The second kappa shape index (κ2) is 4.35. The summed E-state index contributed by atoms with van der Waals surface area (Å²) >= 11 is 0. The topological polar surface area (TPSA) is 57.6 Å². The lowest BCUT2D eigenvalue weighted by Crippen LogP contribution is -2.44. The van der Waals surface area contributed by atoms with Crippen LogP contribution in [0.3, 0.4) is 0 Å². The van der Waals surface area contributed by atoms with Gasteiger partial charge in [-0.15, -0.1) is 0 Å². The molecular weight excluding hydrogens is 206 g/mol.